The highest BCUT2D eigenvalue weighted by molar-refractivity contribution is 6.20. The van der Waals surface area contributed by atoms with Gasteiger partial charge in [0, 0.05) is 11.8 Å². The van der Waals surface area contributed by atoms with Crippen LogP contribution >= 0.6 is 11.6 Å². The second-order valence-corrected chi connectivity index (χ2v) is 6.41. The smallest absolute Gasteiger partial charge is 0.162 e. The molecule has 0 N–H and O–H groups in total. The van der Waals surface area contributed by atoms with Gasteiger partial charge in [-0.1, -0.05) is 6.07 Å². The molecule has 0 radical (unpaired) electrons. The van der Waals surface area contributed by atoms with Gasteiger partial charge in [0.05, 0.1) is 16.8 Å². The lowest BCUT2D eigenvalue weighted by Crippen LogP contribution is -2.15. The molecule has 1 unspecified atom stereocenters. The first-order valence-corrected chi connectivity index (χ1v) is 8.10. The van der Waals surface area contributed by atoms with Crippen molar-refractivity contribution < 1.29 is 9.47 Å². The van der Waals surface area contributed by atoms with Crippen molar-refractivity contribution in [1.82, 2.24) is 9.38 Å². The van der Waals surface area contributed by atoms with Crippen LogP contribution in [-0.2, 0) is 0 Å². The highest BCUT2D eigenvalue weighted by Crippen LogP contribution is 2.38. The van der Waals surface area contributed by atoms with Crippen molar-refractivity contribution in [3.05, 3.63) is 47.8 Å². The standard InChI is InChI=1S/C18H17ClN2O2/c1-11-3-6-16-20-17(18(12(2)19)21(16)10-11)13-4-5-14-15(9-13)23-8-7-22-14/h3-6,9-10,12H,7-8H2,1-2H3. The first kappa shape index (κ1) is 14.4. The van der Waals surface area contributed by atoms with Gasteiger partial charge in [-0.25, -0.2) is 4.98 Å². The fourth-order valence-corrected chi connectivity index (χ4v) is 3.16. The van der Waals surface area contributed by atoms with E-state index < -0.39 is 0 Å². The molecule has 0 bridgehead atoms. The largest absolute Gasteiger partial charge is 0.486 e. The number of ether oxygens (including phenoxy) is 2. The topological polar surface area (TPSA) is 35.8 Å². The maximum Gasteiger partial charge on any atom is 0.162 e. The van der Waals surface area contributed by atoms with Gasteiger partial charge in [0.1, 0.15) is 18.9 Å². The molecule has 0 saturated carbocycles. The van der Waals surface area contributed by atoms with Crippen molar-refractivity contribution in [1.29, 1.82) is 0 Å². The Balaban J connectivity index is 1.93. The molecule has 4 nitrogen and oxygen atoms in total. The number of aryl methyl sites for hydroxylation is 1. The molecule has 1 aromatic carbocycles. The van der Waals surface area contributed by atoms with Crippen LogP contribution in [0.4, 0.5) is 0 Å². The van der Waals surface area contributed by atoms with Crippen molar-refractivity contribution in [2.24, 2.45) is 0 Å². The molecule has 0 saturated heterocycles. The van der Waals surface area contributed by atoms with Crippen LogP contribution in [0.2, 0.25) is 0 Å². The van der Waals surface area contributed by atoms with Crippen molar-refractivity contribution in [2.75, 3.05) is 13.2 Å². The monoisotopic (exact) mass is 328 g/mol. The van der Waals surface area contributed by atoms with Crippen molar-refractivity contribution in [3.63, 3.8) is 0 Å². The number of rotatable bonds is 2. The molecule has 5 heteroatoms. The van der Waals surface area contributed by atoms with E-state index in [0.29, 0.717) is 13.2 Å². The molecule has 3 heterocycles. The number of pyridine rings is 1. The summed E-state index contributed by atoms with van der Waals surface area (Å²) in [5.41, 5.74) is 4.92. The number of aromatic nitrogens is 2. The number of benzene rings is 1. The zero-order valence-corrected chi connectivity index (χ0v) is 13.8. The van der Waals surface area contributed by atoms with Gasteiger partial charge in [-0.3, -0.25) is 0 Å². The summed E-state index contributed by atoms with van der Waals surface area (Å²) in [6, 6.07) is 9.98. The maximum atomic E-state index is 6.46. The summed E-state index contributed by atoms with van der Waals surface area (Å²) in [7, 11) is 0. The molecule has 3 aromatic rings. The van der Waals surface area contributed by atoms with Gasteiger partial charge < -0.3 is 13.9 Å². The molecule has 0 spiro atoms. The number of nitrogens with zero attached hydrogens (tertiary/aromatic N) is 2. The molecule has 2 aromatic heterocycles. The molecule has 1 aliphatic rings. The quantitative estimate of drug-likeness (QED) is 0.655. The SMILES string of the molecule is Cc1ccc2nc(-c3ccc4c(c3)OCCO4)c(C(C)Cl)n2c1. The van der Waals surface area contributed by atoms with Crippen molar-refractivity contribution in [3.8, 4) is 22.8 Å². The van der Waals surface area contributed by atoms with Crippen LogP contribution in [0.25, 0.3) is 16.9 Å². The summed E-state index contributed by atoms with van der Waals surface area (Å²) in [5, 5.41) is -0.157. The lowest BCUT2D eigenvalue weighted by atomic mass is 10.1. The minimum absolute atomic E-state index is 0.157. The summed E-state index contributed by atoms with van der Waals surface area (Å²) in [6.45, 7) is 5.18. The van der Waals surface area contributed by atoms with Crippen LogP contribution in [-0.4, -0.2) is 22.6 Å². The first-order valence-electron chi connectivity index (χ1n) is 7.66. The molecule has 23 heavy (non-hydrogen) atoms. The normalized spacial score (nSPS) is 14.9. The van der Waals surface area contributed by atoms with E-state index in [9.17, 15) is 0 Å². The van der Waals surface area contributed by atoms with Gasteiger partial charge in [0.15, 0.2) is 11.5 Å². The summed E-state index contributed by atoms with van der Waals surface area (Å²) >= 11 is 6.46. The Hall–Kier alpha value is -2.20. The third-order valence-corrected chi connectivity index (χ3v) is 4.20. The molecule has 118 valence electrons. The fraction of sp³-hybridized carbons (Fsp3) is 0.278. The van der Waals surface area contributed by atoms with Gasteiger partial charge in [-0.2, -0.15) is 0 Å². The predicted molar refractivity (Wildman–Crippen MR) is 90.6 cm³/mol. The number of hydrogen-bond acceptors (Lipinski definition) is 3. The maximum absolute atomic E-state index is 6.46. The Labute approximate surface area is 139 Å². The molecular formula is C18H17ClN2O2. The van der Waals surface area contributed by atoms with Gasteiger partial charge in [-0.05, 0) is 43.7 Å². The minimum Gasteiger partial charge on any atom is -0.486 e. The molecule has 4 rings (SSSR count). The second-order valence-electron chi connectivity index (χ2n) is 5.75. The molecule has 1 aliphatic heterocycles. The van der Waals surface area contributed by atoms with E-state index in [2.05, 4.69) is 23.6 Å². The number of fused-ring (bicyclic) bond motifs is 2. The van der Waals surface area contributed by atoms with Crippen LogP contribution < -0.4 is 9.47 Å². The van der Waals surface area contributed by atoms with Crippen LogP contribution in [0, 0.1) is 6.92 Å². The average Bonchev–Trinajstić information content (AvgIpc) is 2.93. The van der Waals surface area contributed by atoms with Gasteiger partial charge in [0.25, 0.3) is 0 Å². The molecule has 1 atom stereocenters. The zero-order valence-electron chi connectivity index (χ0n) is 13.0. The lowest BCUT2D eigenvalue weighted by molar-refractivity contribution is 0.171. The van der Waals surface area contributed by atoms with E-state index >= 15 is 0 Å². The third kappa shape index (κ3) is 2.43. The fourth-order valence-electron chi connectivity index (χ4n) is 2.95. The number of imidazole rings is 1. The Morgan fingerprint density at radius 3 is 2.70 bits per heavy atom. The van der Waals surface area contributed by atoms with Crippen molar-refractivity contribution in [2.45, 2.75) is 19.2 Å². The third-order valence-electron chi connectivity index (χ3n) is 4.00. The Kier molecular flexibility index (Phi) is 3.42. The summed E-state index contributed by atoms with van der Waals surface area (Å²) < 4.78 is 13.3. The summed E-state index contributed by atoms with van der Waals surface area (Å²) in [6.07, 6.45) is 2.07. The summed E-state index contributed by atoms with van der Waals surface area (Å²) in [4.78, 5) is 4.78. The van der Waals surface area contributed by atoms with E-state index in [4.69, 9.17) is 26.1 Å². The molecule has 0 aliphatic carbocycles. The Morgan fingerprint density at radius 2 is 1.91 bits per heavy atom. The zero-order chi connectivity index (χ0) is 16.0. The number of alkyl halides is 1. The lowest BCUT2D eigenvalue weighted by Gasteiger charge is -2.19. The highest BCUT2D eigenvalue weighted by Gasteiger charge is 2.20. The number of hydrogen-bond donors (Lipinski definition) is 0. The van der Waals surface area contributed by atoms with Crippen LogP contribution in [0.15, 0.2) is 36.5 Å². The van der Waals surface area contributed by atoms with E-state index in [0.717, 1.165) is 34.1 Å². The second kappa shape index (κ2) is 5.46. The average molecular weight is 329 g/mol. The van der Waals surface area contributed by atoms with E-state index in [1.807, 2.05) is 31.2 Å². The Morgan fingerprint density at radius 1 is 1.13 bits per heavy atom. The van der Waals surface area contributed by atoms with Gasteiger partial charge >= 0.3 is 0 Å². The summed E-state index contributed by atoms with van der Waals surface area (Å²) in [5.74, 6) is 1.54. The van der Waals surface area contributed by atoms with Crippen LogP contribution in [0.1, 0.15) is 23.6 Å². The highest BCUT2D eigenvalue weighted by atomic mass is 35.5. The van der Waals surface area contributed by atoms with Crippen LogP contribution in [0.3, 0.4) is 0 Å². The van der Waals surface area contributed by atoms with E-state index in [1.165, 1.54) is 5.56 Å². The van der Waals surface area contributed by atoms with Gasteiger partial charge in [-0.15, -0.1) is 11.6 Å². The van der Waals surface area contributed by atoms with Crippen molar-refractivity contribution >= 4 is 17.2 Å². The first-order chi connectivity index (χ1) is 11.1. The molecular weight excluding hydrogens is 312 g/mol. The van der Waals surface area contributed by atoms with Gasteiger partial charge in [0.2, 0.25) is 0 Å². The molecule has 0 amide bonds. The number of halogens is 1. The Bertz CT molecular complexity index is 886. The predicted octanol–water partition coefficient (Wildman–Crippen LogP) is 4.38. The van der Waals surface area contributed by atoms with E-state index in [1.54, 1.807) is 0 Å². The minimum atomic E-state index is -0.157. The van der Waals surface area contributed by atoms with E-state index in [-0.39, 0.29) is 5.38 Å². The molecule has 0 fully saturated rings. The van der Waals surface area contributed by atoms with Crippen LogP contribution in [0.5, 0.6) is 11.5 Å².